The second-order valence-electron chi connectivity index (χ2n) is 1.91. The number of carbonyl (C=O) groups is 1. The van der Waals surface area contributed by atoms with Gasteiger partial charge >= 0.3 is 5.97 Å². The van der Waals surface area contributed by atoms with E-state index in [1.807, 2.05) is 0 Å². The van der Waals surface area contributed by atoms with Crippen LogP contribution in [0, 0.1) is 0 Å². The van der Waals surface area contributed by atoms with Crippen LogP contribution < -0.4 is 0 Å². The summed E-state index contributed by atoms with van der Waals surface area (Å²) in [5.41, 5.74) is 0.445. The number of aliphatic carboxylic acids is 1. The second-order valence-corrected chi connectivity index (χ2v) is 2.29. The van der Waals surface area contributed by atoms with E-state index in [1.165, 1.54) is 0 Å². The molecule has 0 spiro atoms. The molecule has 0 aliphatic heterocycles. The van der Waals surface area contributed by atoms with Crippen LogP contribution in [0.1, 0.15) is 19.8 Å². The van der Waals surface area contributed by atoms with Gasteiger partial charge in [-0.3, -0.25) is 0 Å². The van der Waals surface area contributed by atoms with Crippen LogP contribution in [0.25, 0.3) is 0 Å². The Kier molecular flexibility index (Phi) is 5.03. The molecule has 2 nitrogen and oxygen atoms in total. The van der Waals surface area contributed by atoms with Gasteiger partial charge in [0.1, 0.15) is 0 Å². The van der Waals surface area contributed by atoms with Crippen molar-refractivity contribution in [2.24, 2.45) is 0 Å². The molecule has 0 heterocycles. The van der Waals surface area contributed by atoms with Crippen LogP contribution in [0.15, 0.2) is 11.6 Å². The number of halogens is 1. The van der Waals surface area contributed by atoms with Crippen molar-refractivity contribution in [3.8, 4) is 0 Å². The fourth-order valence-electron chi connectivity index (χ4n) is 0.632. The predicted molar refractivity (Wildman–Crippen MR) is 41.3 cm³/mol. The SMILES string of the molecule is C/C=C(\CCCCl)C(=O)O. The molecule has 0 aromatic rings. The summed E-state index contributed by atoms with van der Waals surface area (Å²) in [5.74, 6) is -0.322. The van der Waals surface area contributed by atoms with Crippen molar-refractivity contribution in [1.82, 2.24) is 0 Å². The Bertz CT molecular complexity index is 141. The van der Waals surface area contributed by atoms with Crippen molar-refractivity contribution in [2.75, 3.05) is 5.88 Å². The van der Waals surface area contributed by atoms with E-state index in [1.54, 1.807) is 13.0 Å². The van der Waals surface area contributed by atoms with Crippen LogP contribution >= 0.6 is 11.6 Å². The normalized spacial score (nSPS) is 11.6. The van der Waals surface area contributed by atoms with Crippen LogP contribution in [0.4, 0.5) is 0 Å². The molecule has 0 atom stereocenters. The highest BCUT2D eigenvalue weighted by Crippen LogP contribution is 2.05. The smallest absolute Gasteiger partial charge is 0.331 e. The van der Waals surface area contributed by atoms with E-state index in [0.717, 1.165) is 6.42 Å². The second kappa shape index (κ2) is 5.30. The van der Waals surface area contributed by atoms with Gasteiger partial charge in [-0.25, -0.2) is 4.79 Å². The van der Waals surface area contributed by atoms with E-state index in [0.29, 0.717) is 17.9 Å². The average Bonchev–Trinajstić information content (AvgIpc) is 1.89. The minimum atomic E-state index is -0.840. The van der Waals surface area contributed by atoms with Gasteiger partial charge in [0.2, 0.25) is 0 Å². The number of alkyl halides is 1. The molecule has 10 heavy (non-hydrogen) atoms. The van der Waals surface area contributed by atoms with Gasteiger partial charge in [0.15, 0.2) is 0 Å². The molecule has 0 rings (SSSR count). The third kappa shape index (κ3) is 3.51. The molecular weight excluding hydrogens is 152 g/mol. The van der Waals surface area contributed by atoms with Crippen LogP contribution in [0.5, 0.6) is 0 Å². The maximum atomic E-state index is 10.3. The molecule has 0 amide bonds. The van der Waals surface area contributed by atoms with Gasteiger partial charge in [0.05, 0.1) is 0 Å². The molecule has 0 saturated carbocycles. The summed E-state index contributed by atoms with van der Waals surface area (Å²) in [7, 11) is 0. The summed E-state index contributed by atoms with van der Waals surface area (Å²) < 4.78 is 0. The van der Waals surface area contributed by atoms with Gasteiger partial charge in [0.25, 0.3) is 0 Å². The van der Waals surface area contributed by atoms with E-state index in [2.05, 4.69) is 0 Å². The summed E-state index contributed by atoms with van der Waals surface area (Å²) >= 11 is 5.39. The fraction of sp³-hybridized carbons (Fsp3) is 0.571. The van der Waals surface area contributed by atoms with Gasteiger partial charge < -0.3 is 5.11 Å². The van der Waals surface area contributed by atoms with Crippen LogP contribution in [-0.2, 0) is 4.79 Å². The summed E-state index contributed by atoms with van der Waals surface area (Å²) in [4.78, 5) is 10.3. The summed E-state index contributed by atoms with van der Waals surface area (Å²) in [6.07, 6.45) is 2.90. The lowest BCUT2D eigenvalue weighted by atomic mass is 10.1. The average molecular weight is 163 g/mol. The predicted octanol–water partition coefficient (Wildman–Crippen LogP) is 2.04. The van der Waals surface area contributed by atoms with Crippen LogP contribution in [0.2, 0.25) is 0 Å². The molecule has 0 fully saturated rings. The topological polar surface area (TPSA) is 37.3 Å². The standard InChI is InChI=1S/C7H11ClO2/c1-2-6(7(9)10)4-3-5-8/h2H,3-5H2,1H3,(H,9,10)/b6-2+. The Morgan fingerprint density at radius 3 is 2.60 bits per heavy atom. The van der Waals surface area contributed by atoms with Gasteiger partial charge in [0, 0.05) is 11.5 Å². The van der Waals surface area contributed by atoms with E-state index >= 15 is 0 Å². The molecule has 0 aromatic heterocycles. The third-order valence-corrected chi connectivity index (χ3v) is 1.47. The highest BCUT2D eigenvalue weighted by Gasteiger charge is 2.03. The van der Waals surface area contributed by atoms with Crippen molar-refractivity contribution in [3.63, 3.8) is 0 Å². The zero-order chi connectivity index (χ0) is 7.98. The van der Waals surface area contributed by atoms with Crippen molar-refractivity contribution >= 4 is 17.6 Å². The van der Waals surface area contributed by atoms with Crippen molar-refractivity contribution in [2.45, 2.75) is 19.8 Å². The van der Waals surface area contributed by atoms with E-state index in [-0.39, 0.29) is 0 Å². The van der Waals surface area contributed by atoms with Crippen LogP contribution in [0.3, 0.4) is 0 Å². The highest BCUT2D eigenvalue weighted by molar-refractivity contribution is 6.17. The number of rotatable bonds is 4. The fourth-order valence-corrected chi connectivity index (χ4v) is 0.766. The molecule has 58 valence electrons. The zero-order valence-electron chi connectivity index (χ0n) is 5.93. The van der Waals surface area contributed by atoms with E-state index < -0.39 is 5.97 Å². The van der Waals surface area contributed by atoms with E-state index in [9.17, 15) is 4.79 Å². The minimum Gasteiger partial charge on any atom is -0.478 e. The zero-order valence-corrected chi connectivity index (χ0v) is 6.69. The Morgan fingerprint density at radius 1 is 1.70 bits per heavy atom. The Hall–Kier alpha value is -0.500. The largest absolute Gasteiger partial charge is 0.478 e. The molecule has 1 N–H and O–H groups in total. The summed E-state index contributed by atoms with van der Waals surface area (Å²) in [5, 5.41) is 8.49. The summed E-state index contributed by atoms with van der Waals surface area (Å²) in [6.45, 7) is 1.72. The lowest BCUT2D eigenvalue weighted by molar-refractivity contribution is -0.132. The first-order valence-corrected chi connectivity index (χ1v) is 3.70. The van der Waals surface area contributed by atoms with Crippen molar-refractivity contribution in [3.05, 3.63) is 11.6 Å². The van der Waals surface area contributed by atoms with Crippen molar-refractivity contribution < 1.29 is 9.90 Å². The third-order valence-electron chi connectivity index (χ3n) is 1.20. The number of carboxylic acid groups (broad SMARTS) is 1. The maximum Gasteiger partial charge on any atom is 0.331 e. The molecule has 0 bridgehead atoms. The van der Waals surface area contributed by atoms with Crippen LogP contribution in [-0.4, -0.2) is 17.0 Å². The number of allylic oxidation sites excluding steroid dienone is 1. The lowest BCUT2D eigenvalue weighted by Crippen LogP contribution is -2.00. The number of hydrogen-bond acceptors (Lipinski definition) is 1. The first-order valence-electron chi connectivity index (χ1n) is 3.16. The lowest BCUT2D eigenvalue weighted by Gasteiger charge is -1.96. The quantitative estimate of drug-likeness (QED) is 0.508. The monoisotopic (exact) mass is 162 g/mol. The van der Waals surface area contributed by atoms with Gasteiger partial charge in [-0.2, -0.15) is 0 Å². The molecule has 0 radical (unpaired) electrons. The van der Waals surface area contributed by atoms with Gasteiger partial charge in [-0.15, -0.1) is 11.6 Å². The summed E-state index contributed by atoms with van der Waals surface area (Å²) in [6, 6.07) is 0. The van der Waals surface area contributed by atoms with Gasteiger partial charge in [-0.05, 0) is 19.8 Å². The molecule has 0 unspecified atom stereocenters. The Labute approximate surface area is 65.5 Å². The molecule has 0 aliphatic carbocycles. The molecule has 0 aromatic carbocycles. The molecule has 0 saturated heterocycles. The van der Waals surface area contributed by atoms with E-state index in [4.69, 9.17) is 16.7 Å². The molecule has 0 aliphatic rings. The minimum absolute atomic E-state index is 0.445. The van der Waals surface area contributed by atoms with Crippen molar-refractivity contribution in [1.29, 1.82) is 0 Å². The number of carboxylic acids is 1. The highest BCUT2D eigenvalue weighted by atomic mass is 35.5. The Morgan fingerprint density at radius 2 is 2.30 bits per heavy atom. The molecule has 3 heteroatoms. The first kappa shape index (κ1) is 9.50. The maximum absolute atomic E-state index is 10.3. The number of hydrogen-bond donors (Lipinski definition) is 1. The molecular formula is C7H11ClO2. The van der Waals surface area contributed by atoms with Gasteiger partial charge in [-0.1, -0.05) is 6.08 Å². The Balaban J connectivity index is 3.74. The first-order chi connectivity index (χ1) is 4.72.